The Balaban J connectivity index is 2.21. The molecule has 1 amide bonds. The summed E-state index contributed by atoms with van der Waals surface area (Å²) in [5.41, 5.74) is 0. The Morgan fingerprint density at radius 1 is 1.56 bits per heavy atom. The van der Waals surface area contributed by atoms with Crippen molar-refractivity contribution >= 4 is 11.9 Å². The Bertz CT molecular complexity index is 337. The van der Waals surface area contributed by atoms with Crippen molar-refractivity contribution in [3.05, 3.63) is 12.2 Å². The van der Waals surface area contributed by atoms with Gasteiger partial charge in [0, 0.05) is 13.5 Å². The molecule has 1 aliphatic carbocycles. The first-order chi connectivity index (χ1) is 7.61. The lowest BCUT2D eigenvalue weighted by Gasteiger charge is -2.31. The quantitative estimate of drug-likeness (QED) is 0.717. The van der Waals surface area contributed by atoms with Gasteiger partial charge in [0.15, 0.2) is 0 Å². The van der Waals surface area contributed by atoms with Gasteiger partial charge in [-0.1, -0.05) is 12.2 Å². The Labute approximate surface area is 94.9 Å². The maximum Gasteiger partial charge on any atom is 0.309 e. The first-order valence-electron chi connectivity index (χ1n) is 5.76. The second-order valence-electron chi connectivity index (χ2n) is 4.67. The van der Waals surface area contributed by atoms with Gasteiger partial charge in [-0.2, -0.15) is 0 Å². The van der Waals surface area contributed by atoms with Gasteiger partial charge in [0.1, 0.15) is 0 Å². The molecule has 1 saturated heterocycles. The van der Waals surface area contributed by atoms with Gasteiger partial charge in [-0.05, 0) is 25.2 Å². The summed E-state index contributed by atoms with van der Waals surface area (Å²) in [5, 5.41) is 9.15. The predicted molar refractivity (Wildman–Crippen MR) is 58.8 cm³/mol. The Hall–Kier alpha value is -1.32. The largest absolute Gasteiger partial charge is 0.481 e. The van der Waals surface area contributed by atoms with Gasteiger partial charge >= 0.3 is 5.97 Å². The average Bonchev–Trinajstić information content (AvgIpc) is 2.57. The van der Waals surface area contributed by atoms with Crippen LogP contribution in [0.15, 0.2) is 12.2 Å². The maximum absolute atomic E-state index is 11.6. The molecule has 1 aliphatic heterocycles. The van der Waals surface area contributed by atoms with Crippen molar-refractivity contribution in [2.24, 2.45) is 11.8 Å². The van der Waals surface area contributed by atoms with Gasteiger partial charge in [-0.15, -0.1) is 0 Å². The van der Waals surface area contributed by atoms with E-state index in [1.807, 2.05) is 0 Å². The minimum atomic E-state index is -0.846. The Kier molecular flexibility index (Phi) is 2.99. The summed E-state index contributed by atoms with van der Waals surface area (Å²) in [4.78, 5) is 24.3. The molecule has 2 rings (SSSR count). The van der Waals surface area contributed by atoms with Crippen LogP contribution in [0.3, 0.4) is 0 Å². The minimum Gasteiger partial charge on any atom is -0.481 e. The number of allylic oxidation sites excluding steroid dienone is 1. The molecule has 0 spiro atoms. The van der Waals surface area contributed by atoms with Gasteiger partial charge in [0.05, 0.1) is 12.0 Å². The molecule has 0 saturated carbocycles. The summed E-state index contributed by atoms with van der Waals surface area (Å²) in [6.07, 6.45) is 7.48. The molecule has 1 N–H and O–H groups in total. The number of aliphatic carboxylic acids is 1. The van der Waals surface area contributed by atoms with Crippen LogP contribution in [-0.4, -0.2) is 35.0 Å². The molecule has 4 nitrogen and oxygen atoms in total. The summed E-state index contributed by atoms with van der Waals surface area (Å²) >= 11 is 0. The van der Waals surface area contributed by atoms with E-state index in [2.05, 4.69) is 12.2 Å². The van der Waals surface area contributed by atoms with Crippen molar-refractivity contribution < 1.29 is 14.7 Å². The monoisotopic (exact) mass is 223 g/mol. The lowest BCUT2D eigenvalue weighted by atomic mass is 9.83. The molecule has 4 heteroatoms. The maximum atomic E-state index is 11.6. The van der Waals surface area contributed by atoms with Crippen LogP contribution in [0.4, 0.5) is 0 Å². The molecule has 1 heterocycles. The summed E-state index contributed by atoms with van der Waals surface area (Å²) in [6, 6.07) is -0.151. The normalized spacial score (nSPS) is 34.4. The molecule has 0 aromatic heterocycles. The molecule has 0 bridgehead atoms. The third kappa shape index (κ3) is 1.84. The Morgan fingerprint density at radius 3 is 2.88 bits per heavy atom. The number of hydrogen-bond donors (Lipinski definition) is 1. The van der Waals surface area contributed by atoms with Crippen molar-refractivity contribution in [3.8, 4) is 0 Å². The number of carboxylic acids is 1. The van der Waals surface area contributed by atoms with Crippen LogP contribution in [0.5, 0.6) is 0 Å². The van der Waals surface area contributed by atoms with E-state index < -0.39 is 11.9 Å². The van der Waals surface area contributed by atoms with Gasteiger partial charge in [0.25, 0.3) is 0 Å². The molecular formula is C12H17NO3. The second-order valence-corrected chi connectivity index (χ2v) is 4.67. The predicted octanol–water partition coefficient (Wildman–Crippen LogP) is 1.27. The second kappa shape index (κ2) is 4.28. The molecule has 1 fully saturated rings. The van der Waals surface area contributed by atoms with E-state index in [-0.39, 0.29) is 24.3 Å². The smallest absolute Gasteiger partial charge is 0.309 e. The molecule has 0 radical (unpaired) electrons. The highest BCUT2D eigenvalue weighted by molar-refractivity contribution is 5.86. The van der Waals surface area contributed by atoms with Crippen LogP contribution in [0.2, 0.25) is 0 Å². The van der Waals surface area contributed by atoms with E-state index >= 15 is 0 Å². The van der Waals surface area contributed by atoms with Crippen LogP contribution < -0.4 is 0 Å². The Morgan fingerprint density at radius 2 is 2.31 bits per heavy atom. The number of carbonyl (C=O) groups excluding carboxylic acids is 1. The molecule has 2 aliphatic rings. The molecule has 0 aromatic rings. The number of carbonyl (C=O) groups is 2. The van der Waals surface area contributed by atoms with Crippen molar-refractivity contribution in [1.29, 1.82) is 0 Å². The highest BCUT2D eigenvalue weighted by Crippen LogP contribution is 2.34. The van der Waals surface area contributed by atoms with Crippen LogP contribution in [0, 0.1) is 11.8 Å². The number of nitrogens with zero attached hydrogens (tertiary/aromatic N) is 1. The fraction of sp³-hybridized carbons (Fsp3) is 0.667. The van der Waals surface area contributed by atoms with Crippen LogP contribution >= 0.6 is 0 Å². The minimum absolute atomic E-state index is 0.0450. The van der Waals surface area contributed by atoms with E-state index in [0.717, 1.165) is 19.3 Å². The SMILES string of the molecule is CN1C(=O)C[C@@H](C(=O)O)[C@H]1C1C=CCCC1. The molecule has 16 heavy (non-hydrogen) atoms. The number of carboxylic acid groups (broad SMARTS) is 1. The zero-order valence-corrected chi connectivity index (χ0v) is 9.43. The standard InChI is InChI=1S/C12H17NO3/c1-13-10(14)7-9(12(15)16)11(13)8-5-3-2-4-6-8/h3,5,8-9,11H,2,4,6-7H2,1H3,(H,15,16)/t8?,9-,11-/m1/s1. The topological polar surface area (TPSA) is 57.6 Å². The fourth-order valence-corrected chi connectivity index (χ4v) is 2.83. The number of amides is 1. The number of likely N-dealkylation sites (tertiary alicyclic amines) is 1. The lowest BCUT2D eigenvalue weighted by Crippen LogP contribution is -2.40. The summed E-state index contributed by atoms with van der Waals surface area (Å²) in [5.74, 6) is -1.21. The van der Waals surface area contributed by atoms with E-state index in [0.29, 0.717) is 0 Å². The average molecular weight is 223 g/mol. The molecular weight excluding hydrogens is 206 g/mol. The van der Waals surface area contributed by atoms with Crippen molar-refractivity contribution in [2.45, 2.75) is 31.7 Å². The van der Waals surface area contributed by atoms with Crippen LogP contribution in [-0.2, 0) is 9.59 Å². The molecule has 3 atom stereocenters. The highest BCUT2D eigenvalue weighted by Gasteiger charge is 2.45. The van der Waals surface area contributed by atoms with Crippen molar-refractivity contribution in [3.63, 3.8) is 0 Å². The zero-order valence-electron chi connectivity index (χ0n) is 9.43. The third-order valence-electron chi connectivity index (χ3n) is 3.69. The van der Waals surface area contributed by atoms with E-state index in [1.165, 1.54) is 0 Å². The highest BCUT2D eigenvalue weighted by atomic mass is 16.4. The fourth-order valence-electron chi connectivity index (χ4n) is 2.83. The molecule has 88 valence electrons. The van der Waals surface area contributed by atoms with Crippen LogP contribution in [0.25, 0.3) is 0 Å². The van der Waals surface area contributed by atoms with Crippen LogP contribution in [0.1, 0.15) is 25.7 Å². The number of rotatable bonds is 2. The van der Waals surface area contributed by atoms with Gasteiger partial charge < -0.3 is 10.0 Å². The summed E-state index contributed by atoms with van der Waals surface area (Å²) in [7, 11) is 1.72. The summed E-state index contributed by atoms with van der Waals surface area (Å²) in [6.45, 7) is 0. The van der Waals surface area contributed by atoms with E-state index in [9.17, 15) is 9.59 Å². The number of hydrogen-bond acceptors (Lipinski definition) is 2. The van der Waals surface area contributed by atoms with Gasteiger partial charge in [0.2, 0.25) is 5.91 Å². The van der Waals surface area contributed by atoms with Crippen molar-refractivity contribution in [2.75, 3.05) is 7.05 Å². The zero-order chi connectivity index (χ0) is 11.7. The van der Waals surface area contributed by atoms with E-state index in [4.69, 9.17) is 5.11 Å². The molecule has 1 unspecified atom stereocenters. The van der Waals surface area contributed by atoms with E-state index in [1.54, 1.807) is 11.9 Å². The van der Waals surface area contributed by atoms with Crippen molar-refractivity contribution in [1.82, 2.24) is 4.90 Å². The van der Waals surface area contributed by atoms with Gasteiger partial charge in [-0.25, -0.2) is 0 Å². The lowest BCUT2D eigenvalue weighted by molar-refractivity contribution is -0.143. The van der Waals surface area contributed by atoms with Gasteiger partial charge in [-0.3, -0.25) is 9.59 Å². The summed E-state index contributed by atoms with van der Waals surface area (Å²) < 4.78 is 0. The third-order valence-corrected chi connectivity index (χ3v) is 3.69. The first-order valence-corrected chi connectivity index (χ1v) is 5.76. The molecule has 0 aromatic carbocycles. The first kappa shape index (κ1) is 11.2.